The molecular formula is C13H20N6OS. The van der Waals surface area contributed by atoms with E-state index in [1.54, 1.807) is 4.57 Å². The summed E-state index contributed by atoms with van der Waals surface area (Å²) < 4.78 is 1.57. The standard InChI is InChI=1S/C13H20N6OS/c1-6-19-11(20)17-18-12(19)21-9-7-8(14-5)15-10(16-9)13(2,3)4/h7H,6H2,1-5H3,(H,17,20)(H,14,15,16). The van der Waals surface area contributed by atoms with E-state index in [9.17, 15) is 4.79 Å². The second-order valence-corrected chi connectivity index (χ2v) is 6.56. The molecule has 0 fully saturated rings. The number of rotatable bonds is 4. The van der Waals surface area contributed by atoms with E-state index in [0.29, 0.717) is 11.7 Å². The van der Waals surface area contributed by atoms with Gasteiger partial charge in [0.25, 0.3) is 0 Å². The summed E-state index contributed by atoms with van der Waals surface area (Å²) >= 11 is 1.35. The maximum atomic E-state index is 11.6. The predicted octanol–water partition coefficient (Wildman–Crippen LogP) is 1.87. The van der Waals surface area contributed by atoms with Gasteiger partial charge < -0.3 is 5.32 Å². The second-order valence-electron chi connectivity index (χ2n) is 5.57. The molecule has 7 nitrogen and oxygen atoms in total. The number of nitrogens with one attached hydrogen (secondary N) is 2. The third kappa shape index (κ3) is 3.44. The van der Waals surface area contributed by atoms with E-state index in [0.717, 1.165) is 16.7 Å². The van der Waals surface area contributed by atoms with Gasteiger partial charge in [0, 0.05) is 25.1 Å². The van der Waals surface area contributed by atoms with Crippen molar-refractivity contribution in [1.29, 1.82) is 0 Å². The Balaban J connectivity index is 2.42. The molecule has 0 aliphatic rings. The maximum Gasteiger partial charge on any atom is 0.343 e. The van der Waals surface area contributed by atoms with Crippen molar-refractivity contribution in [2.24, 2.45) is 0 Å². The molecule has 2 heterocycles. The van der Waals surface area contributed by atoms with Crippen LogP contribution in [0.15, 0.2) is 21.0 Å². The molecule has 0 aromatic carbocycles. The van der Waals surface area contributed by atoms with Gasteiger partial charge in [-0.05, 0) is 18.7 Å². The molecule has 21 heavy (non-hydrogen) atoms. The van der Waals surface area contributed by atoms with Crippen LogP contribution in [0, 0.1) is 0 Å². The summed E-state index contributed by atoms with van der Waals surface area (Å²) in [4.78, 5) is 20.7. The highest BCUT2D eigenvalue weighted by Crippen LogP contribution is 2.28. The summed E-state index contributed by atoms with van der Waals surface area (Å²) in [5, 5.41) is 10.9. The number of hydrogen-bond donors (Lipinski definition) is 2. The van der Waals surface area contributed by atoms with Gasteiger partial charge in [-0.1, -0.05) is 20.8 Å². The molecule has 2 aromatic heterocycles. The Bertz CT molecular complexity index is 685. The van der Waals surface area contributed by atoms with Gasteiger partial charge >= 0.3 is 5.69 Å². The van der Waals surface area contributed by atoms with Gasteiger partial charge in [-0.3, -0.25) is 4.57 Å². The normalized spacial score (nSPS) is 11.7. The number of anilines is 1. The molecule has 0 aliphatic carbocycles. The number of H-pyrrole nitrogens is 1. The lowest BCUT2D eigenvalue weighted by molar-refractivity contribution is 0.539. The van der Waals surface area contributed by atoms with Crippen molar-refractivity contribution in [1.82, 2.24) is 24.7 Å². The van der Waals surface area contributed by atoms with Gasteiger partial charge in [-0.25, -0.2) is 19.9 Å². The van der Waals surface area contributed by atoms with Crippen LogP contribution in [0.3, 0.4) is 0 Å². The maximum absolute atomic E-state index is 11.6. The number of nitrogens with zero attached hydrogens (tertiary/aromatic N) is 4. The fourth-order valence-corrected chi connectivity index (χ4v) is 2.60. The Morgan fingerprint density at radius 2 is 2.10 bits per heavy atom. The van der Waals surface area contributed by atoms with Crippen molar-refractivity contribution in [3.63, 3.8) is 0 Å². The molecule has 0 aliphatic heterocycles. The zero-order chi connectivity index (χ0) is 15.6. The van der Waals surface area contributed by atoms with Gasteiger partial charge in [0.05, 0.1) is 0 Å². The van der Waals surface area contributed by atoms with E-state index in [1.165, 1.54) is 11.8 Å². The van der Waals surface area contributed by atoms with Crippen LogP contribution in [0.5, 0.6) is 0 Å². The molecule has 0 radical (unpaired) electrons. The molecular weight excluding hydrogens is 288 g/mol. The van der Waals surface area contributed by atoms with Gasteiger partial charge in [0.2, 0.25) is 0 Å². The molecule has 0 amide bonds. The third-order valence-corrected chi connectivity index (χ3v) is 3.78. The minimum absolute atomic E-state index is 0.155. The van der Waals surface area contributed by atoms with Crippen LogP contribution in [-0.2, 0) is 12.0 Å². The minimum Gasteiger partial charge on any atom is -0.373 e. The predicted molar refractivity (Wildman–Crippen MR) is 82.9 cm³/mol. The summed E-state index contributed by atoms with van der Waals surface area (Å²) in [7, 11) is 1.82. The van der Waals surface area contributed by atoms with Crippen molar-refractivity contribution < 1.29 is 0 Å². The van der Waals surface area contributed by atoms with Crippen molar-refractivity contribution in [3.8, 4) is 0 Å². The fraction of sp³-hybridized carbons (Fsp3) is 0.538. The lowest BCUT2D eigenvalue weighted by Crippen LogP contribution is -2.18. The van der Waals surface area contributed by atoms with E-state index >= 15 is 0 Å². The molecule has 0 bridgehead atoms. The first-order valence-electron chi connectivity index (χ1n) is 6.75. The second kappa shape index (κ2) is 5.88. The van der Waals surface area contributed by atoms with Gasteiger partial charge in [0.1, 0.15) is 16.7 Å². The molecule has 2 rings (SSSR count). The molecule has 0 saturated carbocycles. The molecule has 0 atom stereocenters. The molecule has 114 valence electrons. The summed E-state index contributed by atoms with van der Waals surface area (Å²) in [6.07, 6.45) is 0. The van der Waals surface area contributed by atoms with E-state index < -0.39 is 0 Å². The molecule has 2 N–H and O–H groups in total. The van der Waals surface area contributed by atoms with Crippen LogP contribution in [0.2, 0.25) is 0 Å². The summed E-state index contributed by atoms with van der Waals surface area (Å²) in [6, 6.07) is 1.85. The molecule has 0 saturated heterocycles. The summed E-state index contributed by atoms with van der Waals surface area (Å²) in [6.45, 7) is 8.65. The first-order valence-corrected chi connectivity index (χ1v) is 7.57. The molecule has 2 aromatic rings. The zero-order valence-electron chi connectivity index (χ0n) is 12.9. The summed E-state index contributed by atoms with van der Waals surface area (Å²) in [5.41, 5.74) is -0.364. The van der Waals surface area contributed by atoms with Crippen LogP contribution in [0.25, 0.3) is 0 Å². The van der Waals surface area contributed by atoms with E-state index in [2.05, 4.69) is 46.3 Å². The molecule has 0 spiro atoms. The topological polar surface area (TPSA) is 88.5 Å². The van der Waals surface area contributed by atoms with E-state index in [4.69, 9.17) is 0 Å². The van der Waals surface area contributed by atoms with Crippen molar-refractivity contribution in [2.75, 3.05) is 12.4 Å². The van der Waals surface area contributed by atoms with Crippen LogP contribution in [-0.4, -0.2) is 31.8 Å². The van der Waals surface area contributed by atoms with Crippen LogP contribution in [0.4, 0.5) is 5.82 Å². The molecule has 8 heteroatoms. The van der Waals surface area contributed by atoms with Crippen molar-refractivity contribution >= 4 is 17.6 Å². The van der Waals surface area contributed by atoms with Gasteiger partial charge in [0.15, 0.2) is 5.16 Å². The zero-order valence-corrected chi connectivity index (χ0v) is 13.7. The van der Waals surface area contributed by atoms with Crippen LogP contribution >= 0.6 is 11.8 Å². The molecule has 0 unspecified atom stereocenters. The number of hydrogen-bond acceptors (Lipinski definition) is 6. The highest BCUT2D eigenvalue weighted by Gasteiger charge is 2.20. The lowest BCUT2D eigenvalue weighted by atomic mass is 9.96. The smallest absolute Gasteiger partial charge is 0.343 e. The minimum atomic E-state index is -0.209. The Hall–Kier alpha value is -1.83. The Labute approximate surface area is 127 Å². The summed E-state index contributed by atoms with van der Waals surface area (Å²) in [5.74, 6) is 1.50. The first kappa shape index (κ1) is 15.6. The Morgan fingerprint density at radius 3 is 2.67 bits per heavy atom. The van der Waals surface area contributed by atoms with Crippen LogP contribution < -0.4 is 11.0 Å². The quantitative estimate of drug-likeness (QED) is 0.838. The fourth-order valence-electron chi connectivity index (χ4n) is 1.69. The van der Waals surface area contributed by atoms with Crippen molar-refractivity contribution in [2.45, 2.75) is 49.8 Å². The average molecular weight is 308 g/mol. The van der Waals surface area contributed by atoms with E-state index in [1.807, 2.05) is 20.0 Å². The average Bonchev–Trinajstić information content (AvgIpc) is 2.77. The highest BCUT2D eigenvalue weighted by molar-refractivity contribution is 7.99. The Kier molecular flexibility index (Phi) is 4.36. The SMILES string of the molecule is CCn1c(Sc2cc(NC)nc(C(C)(C)C)n2)n[nH]c1=O. The number of aromatic nitrogens is 5. The van der Waals surface area contributed by atoms with Gasteiger partial charge in [-0.2, -0.15) is 0 Å². The third-order valence-electron chi connectivity index (χ3n) is 2.86. The lowest BCUT2D eigenvalue weighted by Gasteiger charge is -2.18. The largest absolute Gasteiger partial charge is 0.373 e. The van der Waals surface area contributed by atoms with Crippen LogP contribution in [0.1, 0.15) is 33.5 Å². The first-order chi connectivity index (χ1) is 9.85. The van der Waals surface area contributed by atoms with E-state index in [-0.39, 0.29) is 11.1 Å². The van der Waals surface area contributed by atoms with Crippen molar-refractivity contribution in [3.05, 3.63) is 22.4 Å². The Morgan fingerprint density at radius 1 is 1.38 bits per heavy atom. The van der Waals surface area contributed by atoms with Gasteiger partial charge in [-0.15, -0.1) is 5.10 Å². The monoisotopic (exact) mass is 308 g/mol. The highest BCUT2D eigenvalue weighted by atomic mass is 32.2. The number of aromatic amines is 1.